The first-order chi connectivity index (χ1) is 9.06. The molecule has 98 valence electrons. The fourth-order valence-corrected chi connectivity index (χ4v) is 2.18. The molecule has 0 bridgehead atoms. The minimum absolute atomic E-state index is 0.212. The summed E-state index contributed by atoms with van der Waals surface area (Å²) < 4.78 is 0. The van der Waals surface area contributed by atoms with Gasteiger partial charge in [0.25, 0.3) is 0 Å². The molecule has 1 atom stereocenters. The third kappa shape index (κ3) is 2.34. The molecule has 1 aromatic carbocycles. The molecule has 0 amide bonds. The van der Waals surface area contributed by atoms with Crippen LogP contribution in [0.25, 0.3) is 5.70 Å². The Labute approximate surface area is 111 Å². The van der Waals surface area contributed by atoms with Crippen molar-refractivity contribution in [1.82, 2.24) is 0 Å². The van der Waals surface area contributed by atoms with Gasteiger partial charge in [-0.2, -0.15) is 0 Å². The van der Waals surface area contributed by atoms with E-state index < -0.39 is 11.9 Å². The minimum Gasteiger partial charge on any atom is -0.477 e. The normalized spacial score (nSPS) is 19.4. The molecule has 1 aliphatic rings. The molecule has 1 aromatic rings. The lowest BCUT2D eigenvalue weighted by atomic mass is 9.88. The maximum Gasteiger partial charge on any atom is 0.341 e. The maximum absolute atomic E-state index is 12.2. The number of carbonyl (C=O) groups excluding carboxylic acids is 1. The van der Waals surface area contributed by atoms with E-state index in [1.54, 1.807) is 31.2 Å². The molecule has 0 saturated heterocycles. The number of Topliss-reactive ketones (excluding diaryl/α,β-unsaturated/α-hetero) is 1. The highest BCUT2D eigenvalue weighted by Crippen LogP contribution is 2.29. The van der Waals surface area contributed by atoms with Gasteiger partial charge >= 0.3 is 5.97 Å². The third-order valence-corrected chi connectivity index (χ3v) is 3.26. The van der Waals surface area contributed by atoms with Gasteiger partial charge in [-0.1, -0.05) is 37.3 Å². The molecule has 4 heteroatoms. The Morgan fingerprint density at radius 3 is 2.47 bits per heavy atom. The lowest BCUT2D eigenvalue weighted by Gasteiger charge is -2.21. The van der Waals surface area contributed by atoms with Crippen molar-refractivity contribution in [2.45, 2.75) is 20.3 Å². The molecule has 2 rings (SSSR count). The van der Waals surface area contributed by atoms with E-state index in [-0.39, 0.29) is 17.1 Å². The standard InChI is InChI=1S/C15H15NO3/c1-3-11-9(2)14(17)12(15(18)19)13(16-11)10-7-5-4-6-8-10/h4-9H,3H2,1-2H3,(H,18,19). The lowest BCUT2D eigenvalue weighted by Crippen LogP contribution is -2.30. The van der Waals surface area contributed by atoms with Crippen LogP contribution >= 0.6 is 0 Å². The van der Waals surface area contributed by atoms with Crippen LogP contribution in [0.15, 0.2) is 40.9 Å². The summed E-state index contributed by atoms with van der Waals surface area (Å²) in [5, 5.41) is 9.27. The quantitative estimate of drug-likeness (QED) is 0.846. The molecule has 1 heterocycles. The number of aliphatic carboxylic acids is 1. The van der Waals surface area contributed by atoms with E-state index in [2.05, 4.69) is 4.99 Å². The number of benzene rings is 1. The van der Waals surface area contributed by atoms with Crippen LogP contribution in [-0.4, -0.2) is 22.6 Å². The van der Waals surface area contributed by atoms with Gasteiger partial charge in [0.15, 0.2) is 5.78 Å². The number of ketones is 1. The van der Waals surface area contributed by atoms with Gasteiger partial charge < -0.3 is 5.11 Å². The van der Waals surface area contributed by atoms with E-state index in [9.17, 15) is 14.7 Å². The van der Waals surface area contributed by atoms with Crippen LogP contribution in [0.4, 0.5) is 0 Å². The van der Waals surface area contributed by atoms with Gasteiger partial charge in [-0.05, 0) is 13.3 Å². The van der Waals surface area contributed by atoms with Crippen molar-refractivity contribution < 1.29 is 14.7 Å². The zero-order valence-corrected chi connectivity index (χ0v) is 10.9. The summed E-state index contributed by atoms with van der Waals surface area (Å²) in [5.74, 6) is -2.03. The average Bonchev–Trinajstić information content (AvgIpc) is 2.42. The van der Waals surface area contributed by atoms with Crippen molar-refractivity contribution in [2.75, 3.05) is 0 Å². The zero-order chi connectivity index (χ0) is 14.0. The lowest BCUT2D eigenvalue weighted by molar-refractivity contribution is -0.134. The molecule has 0 radical (unpaired) electrons. The molecule has 0 saturated carbocycles. The van der Waals surface area contributed by atoms with Crippen molar-refractivity contribution in [1.29, 1.82) is 0 Å². The molecule has 1 aliphatic heterocycles. The fraction of sp³-hybridized carbons (Fsp3) is 0.267. The topological polar surface area (TPSA) is 66.7 Å². The number of aliphatic imine (C=N–C) groups is 1. The predicted octanol–water partition coefficient (Wildman–Crippen LogP) is 2.55. The van der Waals surface area contributed by atoms with E-state index in [1.807, 2.05) is 13.0 Å². The van der Waals surface area contributed by atoms with Crippen LogP contribution in [0.3, 0.4) is 0 Å². The summed E-state index contributed by atoms with van der Waals surface area (Å²) in [6.07, 6.45) is 0.635. The van der Waals surface area contributed by atoms with Gasteiger partial charge in [-0.3, -0.25) is 9.79 Å². The summed E-state index contributed by atoms with van der Waals surface area (Å²) in [7, 11) is 0. The molecule has 0 aromatic heterocycles. The summed E-state index contributed by atoms with van der Waals surface area (Å²) in [4.78, 5) is 27.9. The molecule has 4 nitrogen and oxygen atoms in total. The Morgan fingerprint density at radius 2 is 1.95 bits per heavy atom. The van der Waals surface area contributed by atoms with E-state index in [0.717, 1.165) is 5.71 Å². The second kappa shape index (κ2) is 5.18. The van der Waals surface area contributed by atoms with Gasteiger partial charge in [0.05, 0.1) is 11.6 Å². The molecular weight excluding hydrogens is 242 g/mol. The first-order valence-electron chi connectivity index (χ1n) is 6.21. The molecule has 0 spiro atoms. The first-order valence-corrected chi connectivity index (χ1v) is 6.21. The van der Waals surface area contributed by atoms with Crippen LogP contribution in [0.1, 0.15) is 25.8 Å². The highest BCUT2D eigenvalue weighted by Gasteiger charge is 2.33. The highest BCUT2D eigenvalue weighted by atomic mass is 16.4. The molecule has 1 unspecified atom stereocenters. The highest BCUT2D eigenvalue weighted by molar-refractivity contribution is 6.30. The van der Waals surface area contributed by atoms with Crippen LogP contribution in [0, 0.1) is 5.92 Å². The van der Waals surface area contributed by atoms with Crippen molar-refractivity contribution in [2.24, 2.45) is 10.9 Å². The number of hydrogen-bond acceptors (Lipinski definition) is 3. The van der Waals surface area contributed by atoms with Crippen LogP contribution in [0.2, 0.25) is 0 Å². The third-order valence-electron chi connectivity index (χ3n) is 3.26. The summed E-state index contributed by atoms with van der Waals surface area (Å²) in [6.45, 7) is 3.62. The SMILES string of the molecule is CCC1=NC(c2ccccc2)=C(C(=O)O)C(=O)C1C. The molecule has 0 fully saturated rings. The Morgan fingerprint density at radius 1 is 1.32 bits per heavy atom. The fourth-order valence-electron chi connectivity index (χ4n) is 2.18. The van der Waals surface area contributed by atoms with Crippen molar-refractivity contribution in [3.63, 3.8) is 0 Å². The van der Waals surface area contributed by atoms with Crippen molar-refractivity contribution in [3.8, 4) is 0 Å². The Bertz CT molecular complexity index is 585. The maximum atomic E-state index is 12.2. The summed E-state index contributed by atoms with van der Waals surface area (Å²) >= 11 is 0. The predicted molar refractivity (Wildman–Crippen MR) is 72.9 cm³/mol. The van der Waals surface area contributed by atoms with Gasteiger partial charge in [0, 0.05) is 11.3 Å². The second-order valence-corrected chi connectivity index (χ2v) is 4.44. The molecule has 0 aliphatic carbocycles. The number of rotatable bonds is 3. The number of carboxylic acids is 1. The van der Waals surface area contributed by atoms with Gasteiger partial charge in [0.2, 0.25) is 0 Å². The Balaban J connectivity index is 2.66. The number of hydrogen-bond donors (Lipinski definition) is 1. The molecule has 19 heavy (non-hydrogen) atoms. The zero-order valence-electron chi connectivity index (χ0n) is 10.9. The first kappa shape index (κ1) is 13.2. The minimum atomic E-state index is -1.21. The average molecular weight is 257 g/mol. The van der Waals surface area contributed by atoms with Crippen LogP contribution in [-0.2, 0) is 9.59 Å². The number of carboxylic acid groups (broad SMARTS) is 1. The van der Waals surface area contributed by atoms with Crippen molar-refractivity contribution in [3.05, 3.63) is 41.5 Å². The molecular formula is C15H15NO3. The van der Waals surface area contributed by atoms with Gasteiger partial charge in [0.1, 0.15) is 5.57 Å². The Hall–Kier alpha value is -2.23. The summed E-state index contributed by atoms with van der Waals surface area (Å²) in [5.41, 5.74) is 1.45. The van der Waals surface area contributed by atoms with Crippen LogP contribution in [0.5, 0.6) is 0 Å². The van der Waals surface area contributed by atoms with Gasteiger partial charge in [-0.25, -0.2) is 4.79 Å². The van der Waals surface area contributed by atoms with Crippen molar-refractivity contribution >= 4 is 23.2 Å². The summed E-state index contributed by atoms with van der Waals surface area (Å²) in [6, 6.07) is 8.95. The smallest absolute Gasteiger partial charge is 0.341 e. The Kier molecular flexibility index (Phi) is 3.60. The molecule has 1 N–H and O–H groups in total. The van der Waals surface area contributed by atoms with E-state index >= 15 is 0 Å². The second-order valence-electron chi connectivity index (χ2n) is 4.44. The van der Waals surface area contributed by atoms with E-state index in [0.29, 0.717) is 12.0 Å². The largest absolute Gasteiger partial charge is 0.477 e. The van der Waals surface area contributed by atoms with Gasteiger partial charge in [-0.15, -0.1) is 0 Å². The van der Waals surface area contributed by atoms with Crippen LogP contribution < -0.4 is 0 Å². The van der Waals surface area contributed by atoms with E-state index in [4.69, 9.17) is 0 Å². The number of carbonyl (C=O) groups is 2. The number of nitrogens with zero attached hydrogens (tertiary/aromatic N) is 1. The monoisotopic (exact) mass is 257 g/mol. The van der Waals surface area contributed by atoms with E-state index in [1.165, 1.54) is 0 Å².